The summed E-state index contributed by atoms with van der Waals surface area (Å²) in [4.78, 5) is 27.9. The molecule has 0 aliphatic carbocycles. The number of carbonyl (C=O) groups is 1. The number of hydrogen-bond donors (Lipinski definition) is 2. The van der Waals surface area contributed by atoms with E-state index < -0.39 is 0 Å². The molecular weight excluding hydrogens is 390 g/mol. The number of anilines is 2. The highest BCUT2D eigenvalue weighted by atomic mass is 16.1. The average Bonchev–Trinajstić information content (AvgIpc) is 3.25. The molecule has 8 nitrogen and oxygen atoms in total. The first-order chi connectivity index (χ1) is 15.2. The molecule has 2 N–H and O–H groups in total. The molecule has 1 aliphatic rings. The van der Waals surface area contributed by atoms with E-state index in [-0.39, 0.29) is 5.91 Å². The van der Waals surface area contributed by atoms with Crippen molar-refractivity contribution in [2.75, 3.05) is 23.3 Å². The number of benzene rings is 1. The number of fused-ring (bicyclic) bond motifs is 1. The van der Waals surface area contributed by atoms with E-state index in [1.54, 1.807) is 19.3 Å². The Morgan fingerprint density at radius 1 is 1.00 bits per heavy atom. The van der Waals surface area contributed by atoms with Gasteiger partial charge in [-0.2, -0.15) is 5.10 Å². The first-order valence-corrected chi connectivity index (χ1v) is 10.5. The Labute approximate surface area is 179 Å². The van der Waals surface area contributed by atoms with Crippen LogP contribution in [-0.4, -0.2) is 44.1 Å². The van der Waals surface area contributed by atoms with Crippen molar-refractivity contribution in [1.29, 1.82) is 0 Å². The predicted octanol–water partition coefficient (Wildman–Crippen LogP) is 3.97. The molecule has 5 rings (SSSR count). The molecule has 0 spiro atoms. The van der Waals surface area contributed by atoms with Crippen LogP contribution in [0.15, 0.2) is 49.1 Å². The van der Waals surface area contributed by atoms with Crippen LogP contribution in [0.25, 0.3) is 22.0 Å². The monoisotopic (exact) mass is 413 g/mol. The van der Waals surface area contributed by atoms with E-state index in [0.717, 1.165) is 40.8 Å². The lowest BCUT2D eigenvalue weighted by molar-refractivity contribution is 0.102. The van der Waals surface area contributed by atoms with Gasteiger partial charge in [-0.15, -0.1) is 0 Å². The van der Waals surface area contributed by atoms with Crippen LogP contribution in [0.4, 0.5) is 11.4 Å². The Hall–Kier alpha value is -3.81. The predicted molar refractivity (Wildman–Crippen MR) is 120 cm³/mol. The zero-order chi connectivity index (χ0) is 21.2. The van der Waals surface area contributed by atoms with E-state index in [2.05, 4.69) is 41.4 Å². The first-order valence-electron chi connectivity index (χ1n) is 10.5. The molecule has 4 heterocycles. The second-order valence-electron chi connectivity index (χ2n) is 7.79. The highest BCUT2D eigenvalue weighted by molar-refractivity contribution is 6.11. The summed E-state index contributed by atoms with van der Waals surface area (Å²) in [6, 6.07) is 8.11. The van der Waals surface area contributed by atoms with Crippen LogP contribution < -0.4 is 10.2 Å². The number of nitrogens with one attached hydrogen (secondary N) is 2. The Balaban J connectivity index is 1.45. The minimum Gasteiger partial charge on any atom is -0.370 e. The third-order valence-corrected chi connectivity index (χ3v) is 5.60. The Kier molecular flexibility index (Phi) is 5.03. The van der Waals surface area contributed by atoms with Gasteiger partial charge in [0, 0.05) is 30.2 Å². The lowest BCUT2D eigenvalue weighted by atomic mass is 10.0. The Morgan fingerprint density at radius 3 is 2.61 bits per heavy atom. The molecule has 31 heavy (non-hydrogen) atoms. The molecule has 4 aromatic rings. The summed E-state index contributed by atoms with van der Waals surface area (Å²) in [6.45, 7) is 3.93. The highest BCUT2D eigenvalue weighted by Crippen LogP contribution is 2.29. The van der Waals surface area contributed by atoms with Gasteiger partial charge < -0.3 is 10.2 Å². The van der Waals surface area contributed by atoms with Crippen molar-refractivity contribution in [1.82, 2.24) is 25.1 Å². The summed E-state index contributed by atoms with van der Waals surface area (Å²) in [5, 5.41) is 10.7. The summed E-state index contributed by atoms with van der Waals surface area (Å²) in [5.74, 6) is 0.337. The molecule has 0 unspecified atom stereocenters. The van der Waals surface area contributed by atoms with Gasteiger partial charge in [0.05, 0.1) is 35.5 Å². The molecule has 1 aromatic carbocycles. The summed E-state index contributed by atoms with van der Waals surface area (Å²) >= 11 is 0. The minimum atomic E-state index is -0.309. The van der Waals surface area contributed by atoms with Crippen LogP contribution >= 0.6 is 0 Å². The molecule has 1 saturated heterocycles. The van der Waals surface area contributed by atoms with Crippen molar-refractivity contribution in [3.05, 3.63) is 60.6 Å². The number of aromatic nitrogens is 5. The quantitative estimate of drug-likeness (QED) is 0.525. The summed E-state index contributed by atoms with van der Waals surface area (Å²) in [5.41, 5.74) is 4.81. The van der Waals surface area contributed by atoms with Gasteiger partial charge in [-0.3, -0.25) is 14.9 Å². The van der Waals surface area contributed by atoms with Crippen molar-refractivity contribution in [2.24, 2.45) is 0 Å². The molecule has 156 valence electrons. The van der Waals surface area contributed by atoms with Crippen molar-refractivity contribution in [3.63, 3.8) is 0 Å². The number of carbonyl (C=O) groups excluding carboxylic acids is 1. The molecule has 0 saturated carbocycles. The number of aromatic amines is 1. The molecule has 0 atom stereocenters. The maximum atomic E-state index is 12.8. The van der Waals surface area contributed by atoms with Gasteiger partial charge in [-0.05, 0) is 49.9 Å². The van der Waals surface area contributed by atoms with Crippen LogP contribution in [0.5, 0.6) is 0 Å². The Morgan fingerprint density at radius 2 is 1.81 bits per heavy atom. The number of hydrogen-bond acceptors (Lipinski definition) is 6. The largest absolute Gasteiger partial charge is 0.370 e. The molecule has 8 heteroatoms. The van der Waals surface area contributed by atoms with Crippen molar-refractivity contribution in [2.45, 2.75) is 26.2 Å². The van der Waals surface area contributed by atoms with Crippen molar-refractivity contribution < 1.29 is 4.79 Å². The van der Waals surface area contributed by atoms with Crippen molar-refractivity contribution >= 4 is 28.2 Å². The zero-order valence-electron chi connectivity index (χ0n) is 17.3. The van der Waals surface area contributed by atoms with E-state index in [1.807, 2.05) is 30.6 Å². The molecule has 3 aromatic heterocycles. The van der Waals surface area contributed by atoms with E-state index >= 15 is 0 Å². The topological polar surface area (TPSA) is 99.7 Å². The van der Waals surface area contributed by atoms with Gasteiger partial charge >= 0.3 is 0 Å². The fraction of sp³-hybridized carbons (Fsp3) is 0.261. The number of pyridine rings is 1. The number of piperidine rings is 1. The number of amides is 1. The molecule has 1 amide bonds. The lowest BCUT2D eigenvalue weighted by Crippen LogP contribution is -2.29. The second-order valence-corrected chi connectivity index (χ2v) is 7.79. The molecule has 1 fully saturated rings. The summed E-state index contributed by atoms with van der Waals surface area (Å²) in [7, 11) is 0. The zero-order valence-corrected chi connectivity index (χ0v) is 17.3. The van der Waals surface area contributed by atoms with Gasteiger partial charge in [-0.1, -0.05) is 6.07 Å². The smallest absolute Gasteiger partial charge is 0.276 e. The van der Waals surface area contributed by atoms with Gasteiger partial charge in [0.1, 0.15) is 5.82 Å². The van der Waals surface area contributed by atoms with E-state index in [0.29, 0.717) is 17.2 Å². The van der Waals surface area contributed by atoms with Crippen molar-refractivity contribution in [3.8, 4) is 11.1 Å². The van der Waals surface area contributed by atoms with E-state index in [4.69, 9.17) is 0 Å². The third-order valence-electron chi connectivity index (χ3n) is 5.60. The maximum Gasteiger partial charge on any atom is 0.276 e. The van der Waals surface area contributed by atoms with Crippen LogP contribution in [0, 0.1) is 6.92 Å². The number of nitrogens with zero attached hydrogens (tertiary/aromatic N) is 5. The standard InChI is InChI=1S/C23H23N7O/c1-15-25-12-18(13-26-15)27-23(31)22-20-10-16(5-6-21(20)28-29-22)17-9-19(14-24-11-17)30-7-3-2-4-8-30/h5-6,9-14H,2-4,7-8H2,1H3,(H,27,31)(H,28,29). The fourth-order valence-electron chi connectivity index (χ4n) is 3.92. The number of aryl methyl sites for hydroxylation is 1. The normalized spacial score (nSPS) is 14.0. The maximum absolute atomic E-state index is 12.8. The van der Waals surface area contributed by atoms with Crippen LogP contribution in [0.2, 0.25) is 0 Å². The number of rotatable bonds is 4. The van der Waals surface area contributed by atoms with Crippen LogP contribution in [0.3, 0.4) is 0 Å². The molecule has 1 aliphatic heterocycles. The molecule has 0 bridgehead atoms. The fourth-order valence-corrected chi connectivity index (χ4v) is 3.92. The van der Waals surface area contributed by atoms with E-state index in [1.165, 1.54) is 19.3 Å². The SMILES string of the molecule is Cc1ncc(NC(=O)c2n[nH]c3ccc(-c4cncc(N5CCCCC5)c4)cc23)cn1. The van der Waals surface area contributed by atoms with Gasteiger partial charge in [0.15, 0.2) is 5.69 Å². The summed E-state index contributed by atoms with van der Waals surface area (Å²) in [6.07, 6.45) is 10.7. The van der Waals surface area contributed by atoms with Crippen LogP contribution in [-0.2, 0) is 0 Å². The second kappa shape index (κ2) is 8.14. The van der Waals surface area contributed by atoms with E-state index in [9.17, 15) is 4.79 Å². The lowest BCUT2D eigenvalue weighted by Gasteiger charge is -2.28. The van der Waals surface area contributed by atoms with Gasteiger partial charge in [-0.25, -0.2) is 9.97 Å². The number of H-pyrrole nitrogens is 1. The Bertz CT molecular complexity index is 1230. The minimum absolute atomic E-state index is 0.309. The molecule has 0 radical (unpaired) electrons. The highest BCUT2D eigenvalue weighted by Gasteiger charge is 2.17. The van der Waals surface area contributed by atoms with Gasteiger partial charge in [0.25, 0.3) is 5.91 Å². The summed E-state index contributed by atoms with van der Waals surface area (Å²) < 4.78 is 0. The average molecular weight is 413 g/mol. The first kappa shape index (κ1) is 19.2. The third kappa shape index (κ3) is 3.96. The molecular formula is C23H23N7O. The van der Waals surface area contributed by atoms with Gasteiger partial charge in [0.2, 0.25) is 0 Å². The van der Waals surface area contributed by atoms with Crippen LogP contribution in [0.1, 0.15) is 35.6 Å².